The van der Waals surface area contributed by atoms with Gasteiger partial charge in [0.2, 0.25) is 0 Å². The second-order valence-corrected chi connectivity index (χ2v) is 6.82. The van der Waals surface area contributed by atoms with E-state index in [0.29, 0.717) is 0 Å². The van der Waals surface area contributed by atoms with E-state index in [4.69, 9.17) is 0 Å². The standard InChI is InChI=1S/CF3O3S.Zn/c2-1(3,4)7-8(5)6;. The molecule has 9 heavy (non-hydrogen) atoms. The first-order valence-corrected chi connectivity index (χ1v) is 6.77. The Morgan fingerprint density at radius 1 is 1.33 bits per heavy atom. The molecule has 3 nitrogen and oxygen atoms in total. The summed E-state index contributed by atoms with van der Waals surface area (Å²) in [5, 5.41) is 0. The molecule has 0 atom stereocenters. The van der Waals surface area contributed by atoms with E-state index in [2.05, 4.69) is 4.18 Å². The fraction of sp³-hybridized carbons (Fsp3) is 1.00. The predicted octanol–water partition coefficient (Wildman–Crippen LogP) is 0.314. The SMILES string of the molecule is O=[S](=O)([Zn])OC(F)(F)F. The van der Waals surface area contributed by atoms with Crippen LogP contribution in [-0.4, -0.2) is 14.8 Å². The summed E-state index contributed by atoms with van der Waals surface area (Å²) in [5.74, 6) is 0. The molecule has 0 bridgehead atoms. The molecule has 0 aliphatic heterocycles. The van der Waals surface area contributed by atoms with Crippen LogP contribution < -0.4 is 0 Å². The second-order valence-electron chi connectivity index (χ2n) is 1.09. The molecule has 0 saturated heterocycles. The van der Waals surface area contributed by atoms with Gasteiger partial charge < -0.3 is 0 Å². The van der Waals surface area contributed by atoms with E-state index in [0.717, 1.165) is 0 Å². The summed E-state index contributed by atoms with van der Waals surface area (Å²) in [6, 6.07) is 0. The van der Waals surface area contributed by atoms with Crippen molar-refractivity contribution in [1.29, 1.82) is 0 Å². The summed E-state index contributed by atoms with van der Waals surface area (Å²) in [4.78, 5) is 0. The van der Waals surface area contributed by atoms with E-state index in [-0.39, 0.29) is 0 Å². The van der Waals surface area contributed by atoms with Gasteiger partial charge in [-0.1, -0.05) is 0 Å². The van der Waals surface area contributed by atoms with Crippen LogP contribution in [0, 0.1) is 0 Å². The third-order valence-electron chi connectivity index (χ3n) is 0.221. The molecule has 0 aromatic heterocycles. The first-order valence-electron chi connectivity index (χ1n) is 1.56. The minimum atomic E-state index is -5.07. The Hall–Kier alpha value is 0.323. The molecule has 0 rings (SSSR count). The monoisotopic (exact) mass is 213 g/mol. The predicted molar refractivity (Wildman–Crippen MR) is 16.1 cm³/mol. The van der Waals surface area contributed by atoms with Crippen LogP contribution in [0.4, 0.5) is 13.2 Å². The molecule has 0 spiro atoms. The zero-order chi connectivity index (χ0) is 7.71. The van der Waals surface area contributed by atoms with Gasteiger partial charge in [0.15, 0.2) is 0 Å². The molecule has 0 amide bonds. The van der Waals surface area contributed by atoms with Gasteiger partial charge in [0.25, 0.3) is 0 Å². The van der Waals surface area contributed by atoms with Crippen LogP contribution in [0.25, 0.3) is 0 Å². The van der Waals surface area contributed by atoms with Crippen molar-refractivity contribution in [2.24, 2.45) is 0 Å². The molecule has 8 heteroatoms. The van der Waals surface area contributed by atoms with Gasteiger partial charge in [0.1, 0.15) is 0 Å². The molecule has 0 heterocycles. The van der Waals surface area contributed by atoms with Crippen LogP contribution in [0.15, 0.2) is 0 Å². The van der Waals surface area contributed by atoms with Crippen LogP contribution in [-0.2, 0) is 29.4 Å². The fourth-order valence-corrected chi connectivity index (χ4v) is 1.27. The number of alkyl halides is 3. The number of rotatable bonds is 1. The molecule has 0 N–H and O–H groups in total. The molecule has 0 fully saturated rings. The topological polar surface area (TPSA) is 43.4 Å². The molecule has 51 valence electrons. The van der Waals surface area contributed by atoms with Crippen LogP contribution in [0.2, 0.25) is 0 Å². The van der Waals surface area contributed by atoms with Crippen LogP contribution >= 0.6 is 0 Å². The number of hydrogen-bond acceptors (Lipinski definition) is 3. The van der Waals surface area contributed by atoms with Crippen LogP contribution in [0.3, 0.4) is 0 Å². The second kappa shape index (κ2) is 2.51. The zero-order valence-electron chi connectivity index (χ0n) is 3.97. The fourth-order valence-electron chi connectivity index (χ4n) is 0.144. The Morgan fingerprint density at radius 2 is 1.67 bits per heavy atom. The van der Waals surface area contributed by atoms with Crippen molar-refractivity contribution in [3.05, 3.63) is 0 Å². The van der Waals surface area contributed by atoms with Crippen molar-refractivity contribution in [3.8, 4) is 0 Å². The van der Waals surface area contributed by atoms with Gasteiger partial charge >= 0.3 is 57.3 Å². The van der Waals surface area contributed by atoms with E-state index in [1.54, 1.807) is 0 Å². The van der Waals surface area contributed by atoms with Crippen molar-refractivity contribution in [2.75, 3.05) is 0 Å². The molecule has 0 saturated carbocycles. The van der Waals surface area contributed by atoms with Crippen molar-refractivity contribution < 1.29 is 42.9 Å². The molecule has 0 radical (unpaired) electrons. The van der Waals surface area contributed by atoms with E-state index < -0.39 is 31.6 Å². The quantitative estimate of drug-likeness (QED) is 0.590. The first kappa shape index (κ1) is 9.32. The van der Waals surface area contributed by atoms with Gasteiger partial charge in [-0.2, -0.15) is 0 Å². The Kier molecular flexibility index (Phi) is 2.61. The van der Waals surface area contributed by atoms with Gasteiger partial charge in [-0.05, 0) is 0 Å². The normalized spacial score (nSPS) is 13.9. The van der Waals surface area contributed by atoms with Gasteiger partial charge in [0, 0.05) is 0 Å². The first-order chi connectivity index (χ1) is 3.71. The van der Waals surface area contributed by atoms with Crippen molar-refractivity contribution in [3.63, 3.8) is 0 Å². The van der Waals surface area contributed by atoms with Gasteiger partial charge in [-0.15, -0.1) is 0 Å². The summed E-state index contributed by atoms with van der Waals surface area (Å²) in [5.41, 5.74) is 0. The minimum absolute atomic E-state index is 0.563. The van der Waals surface area contributed by atoms with Crippen LogP contribution in [0.1, 0.15) is 0 Å². The van der Waals surface area contributed by atoms with E-state index in [1.807, 2.05) is 0 Å². The van der Waals surface area contributed by atoms with E-state index >= 15 is 0 Å². The van der Waals surface area contributed by atoms with Gasteiger partial charge in [0.05, 0.1) is 0 Å². The van der Waals surface area contributed by atoms with Gasteiger partial charge in [-0.3, -0.25) is 0 Å². The van der Waals surface area contributed by atoms with Crippen molar-refractivity contribution >= 4 is 8.11 Å². The molecule has 0 aliphatic rings. The van der Waals surface area contributed by atoms with E-state index in [9.17, 15) is 21.6 Å². The maximum atomic E-state index is 11.0. The summed E-state index contributed by atoms with van der Waals surface area (Å²) < 4.78 is 55.1. The Balaban J connectivity index is 4.07. The third-order valence-corrected chi connectivity index (χ3v) is 1.41. The van der Waals surface area contributed by atoms with Crippen LogP contribution in [0.5, 0.6) is 0 Å². The van der Waals surface area contributed by atoms with E-state index in [1.165, 1.54) is 0 Å². The Morgan fingerprint density at radius 3 is 1.67 bits per heavy atom. The number of hydrogen-bond donors (Lipinski definition) is 0. The van der Waals surface area contributed by atoms with Crippen molar-refractivity contribution in [2.45, 2.75) is 6.36 Å². The number of halogens is 3. The Bertz CT molecular complexity index is 180. The third kappa shape index (κ3) is 8.32. The summed E-state index contributed by atoms with van der Waals surface area (Å²) in [6.07, 6.45) is -5.07. The van der Waals surface area contributed by atoms with Gasteiger partial charge in [-0.25, -0.2) is 0 Å². The molecule has 0 aromatic carbocycles. The summed E-state index contributed by atoms with van der Waals surface area (Å²) in [7, 11) is -4.28. The molecule has 0 aromatic rings. The summed E-state index contributed by atoms with van der Waals surface area (Å²) >= 11 is -0.563. The molecule has 0 unspecified atom stereocenters. The molecular formula is CF3O3SZn. The molecule has 0 aliphatic carbocycles. The Labute approximate surface area is 57.8 Å². The maximum absolute atomic E-state index is 11.0. The molecular weight excluding hydrogens is 214 g/mol. The average Bonchev–Trinajstić information content (AvgIpc) is 1.14. The summed E-state index contributed by atoms with van der Waals surface area (Å²) in [6.45, 7) is 0. The van der Waals surface area contributed by atoms with Crippen molar-refractivity contribution in [1.82, 2.24) is 0 Å². The zero-order valence-corrected chi connectivity index (χ0v) is 7.76. The average molecular weight is 214 g/mol.